The van der Waals surface area contributed by atoms with Crippen molar-refractivity contribution < 1.29 is 37.1 Å². The van der Waals surface area contributed by atoms with E-state index in [2.05, 4.69) is 6.57 Å². The van der Waals surface area contributed by atoms with Gasteiger partial charge in [0.1, 0.15) is 0 Å². The first-order chi connectivity index (χ1) is 1.00. The van der Waals surface area contributed by atoms with Crippen LogP contribution < -0.4 is 18.9 Å². The van der Waals surface area contributed by atoms with E-state index >= 15 is 0 Å². The third-order valence-electron chi connectivity index (χ3n) is 0. The molecule has 0 fully saturated rings. The normalized spacial score (nSPS) is 0.500. The van der Waals surface area contributed by atoms with E-state index in [0.717, 1.165) is 0 Å². The monoisotopic (exact) mass is 94.0 g/mol. The zero-order valence-electron chi connectivity index (χ0n) is 3.36. The predicted octanol–water partition coefficient (Wildman–Crippen LogP) is -2.75. The van der Waals surface area contributed by atoms with E-state index in [1.165, 1.54) is 0 Å². The van der Waals surface area contributed by atoms with Crippen molar-refractivity contribution in [3.63, 3.8) is 0 Å². The number of nitrogens with zero attached hydrogens (tertiary/aromatic N) is 1. The minimum Gasteiger partial charge on any atom is -1.00 e. The van der Waals surface area contributed by atoms with E-state index in [4.69, 9.17) is 5.26 Å². The van der Waals surface area contributed by atoms with Crippen LogP contribution in [0.25, 0.3) is 0 Å². The first-order valence-electron chi connectivity index (χ1n) is 0.258. The fourth-order valence-corrected chi connectivity index (χ4v) is 0. The van der Waals surface area contributed by atoms with E-state index in [9.17, 15) is 0 Å². The molecule has 0 unspecified atom stereocenters. The van der Waals surface area contributed by atoms with Gasteiger partial charge in [0.25, 0.3) is 0 Å². The summed E-state index contributed by atoms with van der Waals surface area (Å²) in [6.07, 6.45) is 0. The van der Waals surface area contributed by atoms with Crippen molar-refractivity contribution in [2.45, 2.75) is 0 Å². The SMILES string of the molecule is C#N.[Co].[H-].[Li+]. The van der Waals surface area contributed by atoms with Crippen LogP contribution >= 0.6 is 0 Å². The Morgan fingerprint density at radius 3 is 1.50 bits per heavy atom. The Balaban J connectivity index is -0.00000000167. The Morgan fingerprint density at radius 1 is 1.50 bits per heavy atom. The van der Waals surface area contributed by atoms with E-state index in [1.807, 2.05) is 0 Å². The van der Waals surface area contributed by atoms with Crippen LogP contribution in [0.15, 0.2) is 0 Å². The van der Waals surface area contributed by atoms with Crippen molar-refractivity contribution in [1.29, 1.82) is 5.26 Å². The number of rotatable bonds is 0. The summed E-state index contributed by atoms with van der Waals surface area (Å²) in [4.78, 5) is 0. The van der Waals surface area contributed by atoms with Crippen LogP contribution in [0.3, 0.4) is 0 Å². The Labute approximate surface area is 49.2 Å². The van der Waals surface area contributed by atoms with E-state index in [-0.39, 0.29) is 37.1 Å². The van der Waals surface area contributed by atoms with Gasteiger partial charge in [0, 0.05) is 23.4 Å². The molecule has 0 amide bonds. The van der Waals surface area contributed by atoms with Gasteiger partial charge in [-0.15, -0.1) is 0 Å². The Morgan fingerprint density at radius 2 is 1.50 bits per heavy atom. The molecule has 0 aliphatic rings. The summed E-state index contributed by atoms with van der Waals surface area (Å²) in [5.41, 5.74) is 0. The molecule has 0 atom stereocenters. The third kappa shape index (κ3) is 18.7. The van der Waals surface area contributed by atoms with Crippen LogP contribution in [0.5, 0.6) is 0 Å². The fraction of sp³-hybridized carbons (Fsp3) is 0. The third-order valence-corrected chi connectivity index (χ3v) is 0. The molecule has 0 rings (SSSR count). The number of hydrogen-bond acceptors (Lipinski definition) is 1. The van der Waals surface area contributed by atoms with Crippen molar-refractivity contribution in [3.05, 3.63) is 0 Å². The first kappa shape index (κ1) is 23.4. The molecule has 0 saturated carbocycles. The van der Waals surface area contributed by atoms with Gasteiger partial charge in [-0.05, 0) is 0 Å². The fourth-order valence-electron chi connectivity index (χ4n) is 0. The molecule has 0 aliphatic carbocycles. The number of nitriles is 1. The molecule has 21 valence electrons. The standard InChI is InChI=1S/CHN.Co.Li.H/c1-2;;;/h1H;;;/q;;+1;-1. The average molecular weight is 93.9 g/mol. The smallest absolute Gasteiger partial charge is 1.00 e. The summed E-state index contributed by atoms with van der Waals surface area (Å²) in [6, 6.07) is 0. The van der Waals surface area contributed by atoms with Crippen LogP contribution in [0.4, 0.5) is 0 Å². The second-order valence-electron chi connectivity index (χ2n) is 0. The second kappa shape index (κ2) is 68.6. The number of hydrogen-bond donors (Lipinski definition) is 0. The summed E-state index contributed by atoms with van der Waals surface area (Å²) >= 11 is 0. The summed E-state index contributed by atoms with van der Waals surface area (Å²) in [7, 11) is 0. The van der Waals surface area contributed by atoms with Crippen molar-refractivity contribution in [2.75, 3.05) is 0 Å². The molecule has 0 bridgehead atoms. The van der Waals surface area contributed by atoms with Crippen molar-refractivity contribution in [3.8, 4) is 6.57 Å². The summed E-state index contributed by atoms with van der Waals surface area (Å²) < 4.78 is 0. The molecule has 3 heteroatoms. The maximum Gasteiger partial charge on any atom is 1.00 e. The van der Waals surface area contributed by atoms with Gasteiger partial charge < -0.3 is 1.43 Å². The van der Waals surface area contributed by atoms with Crippen LogP contribution in [0.1, 0.15) is 1.43 Å². The molecule has 0 aliphatic heterocycles. The van der Waals surface area contributed by atoms with Crippen LogP contribution in [0.2, 0.25) is 0 Å². The van der Waals surface area contributed by atoms with Gasteiger partial charge in [0.05, 0.1) is 0 Å². The predicted molar refractivity (Wildman–Crippen MR) is 7.78 cm³/mol. The molecule has 4 heavy (non-hydrogen) atoms. The first-order valence-corrected chi connectivity index (χ1v) is 0.258. The zero-order valence-corrected chi connectivity index (χ0v) is 3.40. The quantitative estimate of drug-likeness (QED) is 0.298. The van der Waals surface area contributed by atoms with Gasteiger partial charge in [-0.1, -0.05) is 0 Å². The molecule has 0 aromatic carbocycles. The van der Waals surface area contributed by atoms with E-state index in [1.54, 1.807) is 0 Å². The molecule has 1 radical (unpaired) electrons. The molecule has 0 aromatic heterocycles. The molecular formula is CH2CoLiN. The van der Waals surface area contributed by atoms with E-state index < -0.39 is 0 Å². The molecule has 0 N–H and O–H groups in total. The Kier molecular flexibility index (Phi) is 400. The zero-order chi connectivity index (χ0) is 2.00. The minimum atomic E-state index is 0. The van der Waals surface area contributed by atoms with Gasteiger partial charge in [-0.25, -0.2) is 5.26 Å². The Hall–Kier alpha value is 0.594. The summed E-state index contributed by atoms with van der Waals surface area (Å²) in [5.74, 6) is 0. The van der Waals surface area contributed by atoms with Crippen molar-refractivity contribution in [1.82, 2.24) is 0 Å². The second-order valence-corrected chi connectivity index (χ2v) is 0. The maximum absolute atomic E-state index is 6.50. The Bertz CT molecular complexity index is 16.4. The van der Waals surface area contributed by atoms with Gasteiger partial charge in [0.15, 0.2) is 0 Å². The average Bonchev–Trinajstić information content (AvgIpc) is 1.00. The molecule has 1 nitrogen and oxygen atoms in total. The van der Waals surface area contributed by atoms with Crippen molar-refractivity contribution in [2.24, 2.45) is 0 Å². The summed E-state index contributed by atoms with van der Waals surface area (Å²) in [5, 5.41) is 6.50. The largest absolute Gasteiger partial charge is 1.00 e. The van der Waals surface area contributed by atoms with Crippen LogP contribution in [-0.2, 0) is 16.8 Å². The molecule has 0 spiro atoms. The van der Waals surface area contributed by atoms with Crippen molar-refractivity contribution >= 4 is 0 Å². The molecule has 0 saturated heterocycles. The van der Waals surface area contributed by atoms with Gasteiger partial charge in [0.2, 0.25) is 0 Å². The van der Waals surface area contributed by atoms with Gasteiger partial charge in [-0.3, -0.25) is 0 Å². The maximum atomic E-state index is 6.50. The van der Waals surface area contributed by atoms with E-state index in [0.29, 0.717) is 0 Å². The topological polar surface area (TPSA) is 23.8 Å². The van der Waals surface area contributed by atoms with Gasteiger partial charge in [-0.2, -0.15) is 0 Å². The van der Waals surface area contributed by atoms with Gasteiger partial charge >= 0.3 is 18.9 Å². The molecule has 0 aromatic rings. The molecular weight excluding hydrogens is 91.9 g/mol. The van der Waals surface area contributed by atoms with Crippen LogP contribution in [-0.4, -0.2) is 0 Å². The summed E-state index contributed by atoms with van der Waals surface area (Å²) in [6.45, 7) is 3.50. The van der Waals surface area contributed by atoms with Crippen LogP contribution in [0, 0.1) is 11.8 Å². The molecule has 0 heterocycles. The minimum absolute atomic E-state index is 0.